The minimum absolute atomic E-state index is 0.130. The van der Waals surface area contributed by atoms with Crippen molar-refractivity contribution in [2.24, 2.45) is 9.98 Å². The molecule has 62 heavy (non-hydrogen) atoms. The van der Waals surface area contributed by atoms with Crippen LogP contribution in [0.1, 0.15) is 47.8 Å². The highest BCUT2D eigenvalue weighted by molar-refractivity contribution is 6.41. The highest BCUT2D eigenvalue weighted by atomic mass is 15.2. The molecule has 4 heteroatoms. The number of benzene rings is 10. The van der Waals surface area contributed by atoms with Crippen LogP contribution < -0.4 is 5.32 Å². The fraction of sp³-hybridized carbons (Fsp3) is 0.0690. The molecule has 2 heterocycles. The molecule has 0 bridgehead atoms. The van der Waals surface area contributed by atoms with E-state index in [1.54, 1.807) is 0 Å². The number of fused-ring (bicyclic) bond motifs is 15. The van der Waals surface area contributed by atoms with Gasteiger partial charge in [-0.3, -0.25) is 0 Å². The van der Waals surface area contributed by atoms with Gasteiger partial charge in [-0.1, -0.05) is 184 Å². The minimum Gasteiger partial charge on any atom is -0.344 e. The van der Waals surface area contributed by atoms with E-state index >= 15 is 0 Å². The standard InChI is InChI=1S/C58H40N4/c1-58(2)48-28-16-15-25-42(48)43-31-30-38(33-49(43)58)62-50-32-29-35-17-9-10-22-39(35)52(50)53-51-44-26-13-11-23-40(44)47(34-46(51)41-24-12-14-27-45(41)54(53)62)57-60-55(36-18-5-3-6-19-36)59-56(61-57)37-20-7-4-8-21-37/h3-34,55H,1-2H3,(H,59,60,61). The lowest BCUT2D eigenvalue weighted by Gasteiger charge is -2.24. The number of aliphatic imine (C=N–C) groups is 2. The van der Waals surface area contributed by atoms with Crippen LogP contribution in [-0.2, 0) is 5.41 Å². The van der Waals surface area contributed by atoms with Crippen LogP contribution in [0.15, 0.2) is 204 Å². The van der Waals surface area contributed by atoms with Gasteiger partial charge in [0.25, 0.3) is 0 Å². The SMILES string of the molecule is CC1(C)c2ccccc2-c2ccc(-n3c4ccc5ccccc5c4c4c5c6ccccc6c(C6=NC(c7ccccc7)NC(c7ccccc7)=N6)cc5c5ccccc5c43)cc21. The van der Waals surface area contributed by atoms with Crippen LogP contribution in [0.4, 0.5) is 0 Å². The summed E-state index contributed by atoms with van der Waals surface area (Å²) in [6.45, 7) is 4.74. The maximum Gasteiger partial charge on any atom is 0.160 e. The summed E-state index contributed by atoms with van der Waals surface area (Å²) in [7, 11) is 0. The number of aromatic nitrogens is 1. The molecule has 0 saturated carbocycles. The quantitative estimate of drug-likeness (QED) is 0.177. The van der Waals surface area contributed by atoms with Crippen molar-refractivity contribution >= 4 is 76.6 Å². The van der Waals surface area contributed by atoms with Crippen molar-refractivity contribution in [1.29, 1.82) is 0 Å². The Balaban J connectivity index is 1.17. The largest absolute Gasteiger partial charge is 0.344 e. The summed E-state index contributed by atoms with van der Waals surface area (Å²) in [5.74, 6) is 1.53. The highest BCUT2D eigenvalue weighted by Gasteiger charge is 2.36. The molecule has 0 radical (unpaired) electrons. The smallest absolute Gasteiger partial charge is 0.160 e. The van der Waals surface area contributed by atoms with Gasteiger partial charge in [0, 0.05) is 43.8 Å². The van der Waals surface area contributed by atoms with E-state index in [1.807, 2.05) is 6.07 Å². The summed E-state index contributed by atoms with van der Waals surface area (Å²) in [5, 5.41) is 15.8. The molecular formula is C58H40N4. The maximum atomic E-state index is 5.40. The zero-order valence-electron chi connectivity index (χ0n) is 34.4. The van der Waals surface area contributed by atoms with E-state index < -0.39 is 0 Å². The Morgan fingerprint density at radius 1 is 0.484 bits per heavy atom. The number of nitrogens with zero attached hydrogens (tertiary/aromatic N) is 3. The number of hydrogen-bond donors (Lipinski definition) is 1. The van der Waals surface area contributed by atoms with Crippen molar-refractivity contribution in [2.45, 2.75) is 25.4 Å². The van der Waals surface area contributed by atoms with Crippen molar-refractivity contribution < 1.29 is 0 Å². The molecule has 1 aromatic heterocycles. The topological polar surface area (TPSA) is 41.7 Å². The van der Waals surface area contributed by atoms with Crippen molar-refractivity contribution in [3.8, 4) is 16.8 Å². The number of rotatable bonds is 4. The molecule has 292 valence electrons. The van der Waals surface area contributed by atoms with Gasteiger partial charge in [-0.05, 0) is 84.4 Å². The van der Waals surface area contributed by atoms with Gasteiger partial charge in [0.05, 0.1) is 11.0 Å². The Kier molecular flexibility index (Phi) is 7.39. The minimum atomic E-state index is -0.304. The van der Waals surface area contributed by atoms with E-state index in [-0.39, 0.29) is 11.6 Å². The van der Waals surface area contributed by atoms with Crippen molar-refractivity contribution in [3.63, 3.8) is 0 Å². The first-order chi connectivity index (χ1) is 30.5. The summed E-state index contributed by atoms with van der Waals surface area (Å²) in [6, 6.07) is 70.7. The lowest BCUT2D eigenvalue weighted by Crippen LogP contribution is -2.33. The molecule has 0 amide bonds. The molecular weight excluding hydrogens is 753 g/mol. The molecule has 1 unspecified atom stereocenters. The second-order valence-electron chi connectivity index (χ2n) is 17.3. The van der Waals surface area contributed by atoms with Gasteiger partial charge < -0.3 is 9.88 Å². The van der Waals surface area contributed by atoms with E-state index in [4.69, 9.17) is 9.98 Å². The predicted molar refractivity (Wildman–Crippen MR) is 260 cm³/mol. The molecule has 0 fully saturated rings. The molecule has 1 atom stereocenters. The van der Waals surface area contributed by atoms with Gasteiger partial charge in [0.2, 0.25) is 0 Å². The second kappa shape index (κ2) is 13.1. The van der Waals surface area contributed by atoms with Gasteiger partial charge in [-0.2, -0.15) is 0 Å². The fourth-order valence-electron chi connectivity index (χ4n) is 10.7. The van der Waals surface area contributed by atoms with Gasteiger partial charge >= 0.3 is 0 Å². The average molecular weight is 793 g/mol. The van der Waals surface area contributed by atoms with Crippen LogP contribution >= 0.6 is 0 Å². The van der Waals surface area contributed by atoms with Crippen LogP contribution in [0, 0.1) is 0 Å². The summed E-state index contributed by atoms with van der Waals surface area (Å²) in [6.07, 6.45) is -0.304. The summed E-state index contributed by atoms with van der Waals surface area (Å²) in [5.41, 5.74) is 12.0. The lowest BCUT2D eigenvalue weighted by atomic mass is 9.82. The number of nitrogens with one attached hydrogen (secondary N) is 1. The van der Waals surface area contributed by atoms with E-state index in [9.17, 15) is 0 Å². The van der Waals surface area contributed by atoms with Gasteiger partial charge in [0.1, 0.15) is 12.0 Å². The van der Waals surface area contributed by atoms with Crippen LogP contribution in [-0.4, -0.2) is 16.2 Å². The number of amidine groups is 2. The van der Waals surface area contributed by atoms with Crippen molar-refractivity contribution in [1.82, 2.24) is 9.88 Å². The molecule has 11 aromatic rings. The first-order valence-electron chi connectivity index (χ1n) is 21.5. The Labute approximate surface area is 359 Å². The van der Waals surface area contributed by atoms with Crippen molar-refractivity contribution in [2.75, 3.05) is 0 Å². The van der Waals surface area contributed by atoms with Crippen molar-refractivity contribution in [3.05, 3.63) is 222 Å². The summed E-state index contributed by atoms with van der Waals surface area (Å²) in [4.78, 5) is 10.7. The first-order valence-corrected chi connectivity index (χ1v) is 21.5. The first kappa shape index (κ1) is 35.0. The Hall–Kier alpha value is -7.82. The van der Waals surface area contributed by atoms with Crippen LogP contribution in [0.5, 0.6) is 0 Å². The third kappa shape index (κ3) is 4.95. The van der Waals surface area contributed by atoms with E-state index in [0.29, 0.717) is 5.84 Å². The third-order valence-electron chi connectivity index (χ3n) is 13.6. The van der Waals surface area contributed by atoms with Crippen LogP contribution in [0.2, 0.25) is 0 Å². The molecule has 1 aliphatic carbocycles. The Morgan fingerprint density at radius 2 is 1.15 bits per heavy atom. The summed E-state index contributed by atoms with van der Waals surface area (Å²) < 4.78 is 2.55. The van der Waals surface area contributed by atoms with Gasteiger partial charge in [-0.25, -0.2) is 9.98 Å². The second-order valence-corrected chi connectivity index (χ2v) is 17.3. The molecule has 2 aliphatic rings. The normalized spacial score (nSPS) is 15.5. The molecule has 0 spiro atoms. The van der Waals surface area contributed by atoms with E-state index in [1.165, 1.54) is 87.5 Å². The fourth-order valence-corrected chi connectivity index (χ4v) is 10.7. The monoisotopic (exact) mass is 792 g/mol. The Bertz CT molecular complexity index is 3740. The molecule has 4 nitrogen and oxygen atoms in total. The zero-order chi connectivity index (χ0) is 41.1. The van der Waals surface area contributed by atoms with Gasteiger partial charge in [0.15, 0.2) is 5.84 Å². The lowest BCUT2D eigenvalue weighted by molar-refractivity contribution is 0.660. The van der Waals surface area contributed by atoms with Crippen LogP contribution in [0.25, 0.3) is 81.7 Å². The molecule has 0 saturated heterocycles. The van der Waals surface area contributed by atoms with E-state index in [2.05, 4.69) is 212 Å². The average Bonchev–Trinajstić information content (AvgIpc) is 3.80. The zero-order valence-corrected chi connectivity index (χ0v) is 34.4. The van der Waals surface area contributed by atoms with E-state index in [0.717, 1.165) is 27.9 Å². The predicted octanol–water partition coefficient (Wildman–Crippen LogP) is 14.2. The molecule has 1 N–H and O–H groups in total. The molecule has 13 rings (SSSR count). The number of hydrogen-bond acceptors (Lipinski definition) is 3. The van der Waals surface area contributed by atoms with Crippen LogP contribution in [0.3, 0.4) is 0 Å². The maximum absolute atomic E-state index is 5.40. The third-order valence-corrected chi connectivity index (χ3v) is 13.6. The summed E-state index contributed by atoms with van der Waals surface area (Å²) >= 11 is 0. The molecule has 1 aliphatic heterocycles. The van der Waals surface area contributed by atoms with Gasteiger partial charge in [-0.15, -0.1) is 0 Å². The molecule has 10 aromatic carbocycles. The Morgan fingerprint density at radius 3 is 1.97 bits per heavy atom. The highest BCUT2D eigenvalue weighted by Crippen LogP contribution is 2.51.